The van der Waals surface area contributed by atoms with Crippen LogP contribution in [0.1, 0.15) is 41.6 Å². The molecule has 19 heavy (non-hydrogen) atoms. The van der Waals surface area contributed by atoms with Gasteiger partial charge >= 0.3 is 0 Å². The number of nitrogens with one attached hydrogen (secondary N) is 1. The monoisotopic (exact) mass is 277 g/mol. The van der Waals surface area contributed by atoms with Crippen LogP contribution in [-0.2, 0) is 5.88 Å². The largest absolute Gasteiger partial charge is 0.352 e. The summed E-state index contributed by atoms with van der Waals surface area (Å²) in [6, 6.07) is 7.58. The van der Waals surface area contributed by atoms with Crippen LogP contribution in [0.5, 0.6) is 0 Å². The van der Waals surface area contributed by atoms with E-state index in [2.05, 4.69) is 5.32 Å². The average Bonchev–Trinajstić information content (AvgIpc) is 3.31. The topological polar surface area (TPSA) is 29.1 Å². The normalized spacial score (nSPS) is 18.6. The van der Waals surface area contributed by atoms with Gasteiger partial charge in [-0.3, -0.25) is 4.79 Å². The van der Waals surface area contributed by atoms with Crippen LogP contribution in [0.15, 0.2) is 24.3 Å². The van der Waals surface area contributed by atoms with E-state index in [-0.39, 0.29) is 5.91 Å². The van der Waals surface area contributed by atoms with E-state index in [1.165, 1.54) is 25.7 Å². The number of alkyl halides is 1. The highest BCUT2D eigenvalue weighted by Gasteiger charge is 2.41. The Morgan fingerprint density at radius 1 is 1.26 bits per heavy atom. The number of amides is 1. The Hall–Kier alpha value is -1.02. The molecule has 0 unspecified atom stereocenters. The molecule has 1 aromatic rings. The van der Waals surface area contributed by atoms with Crippen LogP contribution >= 0.6 is 11.6 Å². The third kappa shape index (κ3) is 3.30. The van der Waals surface area contributed by atoms with Crippen molar-refractivity contribution in [1.82, 2.24) is 5.32 Å². The van der Waals surface area contributed by atoms with Gasteiger partial charge in [-0.05, 0) is 61.1 Å². The minimum atomic E-state index is 0.0401. The molecular formula is C16H20ClNO. The van der Waals surface area contributed by atoms with E-state index in [0.717, 1.165) is 35.4 Å². The van der Waals surface area contributed by atoms with Gasteiger partial charge in [0.05, 0.1) is 0 Å². The first kappa shape index (κ1) is 13.0. The van der Waals surface area contributed by atoms with E-state index in [4.69, 9.17) is 11.6 Å². The molecule has 1 N–H and O–H groups in total. The molecule has 0 saturated heterocycles. The fourth-order valence-corrected chi connectivity index (χ4v) is 3.04. The second kappa shape index (κ2) is 5.54. The molecule has 102 valence electrons. The summed E-state index contributed by atoms with van der Waals surface area (Å²) in [7, 11) is 0. The van der Waals surface area contributed by atoms with Gasteiger partial charge in [0, 0.05) is 18.0 Å². The number of rotatable bonds is 6. The predicted octanol–water partition coefficient (Wildman–Crippen LogP) is 3.59. The summed E-state index contributed by atoms with van der Waals surface area (Å²) in [4.78, 5) is 12.1. The lowest BCUT2D eigenvalue weighted by atomic mass is 9.98. The first-order valence-corrected chi connectivity index (χ1v) is 7.74. The summed E-state index contributed by atoms with van der Waals surface area (Å²) in [5.74, 6) is 2.97. The Labute approximate surface area is 119 Å². The molecule has 0 aromatic heterocycles. The van der Waals surface area contributed by atoms with Gasteiger partial charge in [0.2, 0.25) is 0 Å². The van der Waals surface area contributed by atoms with E-state index in [1.807, 2.05) is 24.3 Å². The van der Waals surface area contributed by atoms with E-state index in [1.54, 1.807) is 0 Å². The van der Waals surface area contributed by atoms with Gasteiger partial charge in [0.1, 0.15) is 0 Å². The molecule has 2 saturated carbocycles. The van der Waals surface area contributed by atoms with Crippen molar-refractivity contribution in [3.05, 3.63) is 35.4 Å². The molecule has 2 aliphatic carbocycles. The van der Waals surface area contributed by atoms with Crippen LogP contribution in [0.4, 0.5) is 0 Å². The minimum Gasteiger partial charge on any atom is -0.352 e. The van der Waals surface area contributed by atoms with Gasteiger partial charge in [0.15, 0.2) is 0 Å². The zero-order valence-corrected chi connectivity index (χ0v) is 11.8. The van der Waals surface area contributed by atoms with Crippen LogP contribution in [0.2, 0.25) is 0 Å². The smallest absolute Gasteiger partial charge is 0.251 e. The van der Waals surface area contributed by atoms with Crippen molar-refractivity contribution in [2.45, 2.75) is 31.6 Å². The van der Waals surface area contributed by atoms with Crippen LogP contribution in [0.3, 0.4) is 0 Å². The van der Waals surface area contributed by atoms with Crippen molar-refractivity contribution in [1.29, 1.82) is 0 Å². The molecule has 2 fully saturated rings. The zero-order valence-electron chi connectivity index (χ0n) is 11.1. The Balaban J connectivity index is 1.57. The van der Waals surface area contributed by atoms with Crippen molar-refractivity contribution in [3.63, 3.8) is 0 Å². The van der Waals surface area contributed by atoms with Crippen LogP contribution < -0.4 is 5.32 Å². The first-order valence-electron chi connectivity index (χ1n) is 7.21. The van der Waals surface area contributed by atoms with Crippen LogP contribution in [0, 0.1) is 17.8 Å². The number of hydrogen-bond acceptors (Lipinski definition) is 1. The number of carbonyl (C=O) groups is 1. The van der Waals surface area contributed by atoms with Gasteiger partial charge in [-0.25, -0.2) is 0 Å². The third-order valence-electron chi connectivity index (χ3n) is 4.30. The Kier molecular flexibility index (Phi) is 3.79. The highest BCUT2D eigenvalue weighted by atomic mass is 35.5. The molecule has 0 atom stereocenters. The highest BCUT2D eigenvalue weighted by Crippen LogP contribution is 2.48. The molecule has 3 heteroatoms. The Bertz CT molecular complexity index is 454. The quantitative estimate of drug-likeness (QED) is 0.791. The zero-order chi connectivity index (χ0) is 13.2. The maximum Gasteiger partial charge on any atom is 0.251 e. The van der Waals surface area contributed by atoms with E-state index in [9.17, 15) is 4.79 Å². The molecule has 0 heterocycles. The molecular weight excluding hydrogens is 258 g/mol. The molecule has 1 amide bonds. The lowest BCUT2D eigenvalue weighted by Crippen LogP contribution is -2.31. The average molecular weight is 278 g/mol. The second-order valence-corrected chi connectivity index (χ2v) is 6.15. The number of halogens is 1. The van der Waals surface area contributed by atoms with E-state index >= 15 is 0 Å². The number of carbonyl (C=O) groups excluding carboxylic acids is 1. The van der Waals surface area contributed by atoms with Crippen molar-refractivity contribution in [2.75, 3.05) is 6.54 Å². The summed E-state index contributed by atoms with van der Waals surface area (Å²) < 4.78 is 0. The Morgan fingerprint density at radius 3 is 2.53 bits per heavy atom. The fraction of sp³-hybridized carbons (Fsp3) is 0.562. The van der Waals surface area contributed by atoms with E-state index < -0.39 is 0 Å². The van der Waals surface area contributed by atoms with Crippen molar-refractivity contribution < 1.29 is 4.79 Å². The molecule has 2 aliphatic rings. The summed E-state index contributed by atoms with van der Waals surface area (Å²) in [6.45, 7) is 0.846. The Morgan fingerprint density at radius 2 is 1.95 bits per heavy atom. The van der Waals surface area contributed by atoms with Crippen LogP contribution in [0.25, 0.3) is 0 Å². The standard InChI is InChI=1S/C16H20ClNO/c17-9-11-2-1-3-14(8-11)16(19)18-10-15(12-4-5-12)13-6-7-13/h1-3,8,12-13,15H,4-7,9-10H2,(H,18,19). The van der Waals surface area contributed by atoms with Gasteiger partial charge in [0.25, 0.3) is 5.91 Å². The molecule has 3 rings (SSSR count). The molecule has 2 nitrogen and oxygen atoms in total. The number of benzene rings is 1. The van der Waals surface area contributed by atoms with Gasteiger partial charge in [-0.2, -0.15) is 0 Å². The summed E-state index contributed by atoms with van der Waals surface area (Å²) in [6.07, 6.45) is 5.44. The fourth-order valence-electron chi connectivity index (χ4n) is 2.88. The van der Waals surface area contributed by atoms with Gasteiger partial charge < -0.3 is 5.32 Å². The maximum atomic E-state index is 12.1. The second-order valence-electron chi connectivity index (χ2n) is 5.88. The molecule has 0 radical (unpaired) electrons. The predicted molar refractivity (Wildman–Crippen MR) is 77.3 cm³/mol. The maximum absolute atomic E-state index is 12.1. The van der Waals surface area contributed by atoms with Crippen LogP contribution in [-0.4, -0.2) is 12.5 Å². The van der Waals surface area contributed by atoms with Crippen molar-refractivity contribution in [3.8, 4) is 0 Å². The third-order valence-corrected chi connectivity index (χ3v) is 4.61. The van der Waals surface area contributed by atoms with Gasteiger partial charge in [-0.15, -0.1) is 11.6 Å². The highest BCUT2D eigenvalue weighted by molar-refractivity contribution is 6.17. The summed E-state index contributed by atoms with van der Waals surface area (Å²) in [5, 5.41) is 3.11. The molecule has 0 spiro atoms. The lowest BCUT2D eigenvalue weighted by molar-refractivity contribution is 0.0943. The van der Waals surface area contributed by atoms with Crippen molar-refractivity contribution >= 4 is 17.5 Å². The molecule has 0 bridgehead atoms. The van der Waals surface area contributed by atoms with Crippen molar-refractivity contribution in [2.24, 2.45) is 17.8 Å². The molecule has 1 aromatic carbocycles. The lowest BCUT2D eigenvalue weighted by Gasteiger charge is -2.16. The first-order chi connectivity index (χ1) is 9.28. The number of hydrogen-bond donors (Lipinski definition) is 1. The molecule has 0 aliphatic heterocycles. The summed E-state index contributed by atoms with van der Waals surface area (Å²) in [5.41, 5.74) is 1.72. The minimum absolute atomic E-state index is 0.0401. The van der Waals surface area contributed by atoms with Gasteiger partial charge in [-0.1, -0.05) is 12.1 Å². The summed E-state index contributed by atoms with van der Waals surface area (Å²) >= 11 is 5.80. The SMILES string of the molecule is O=C(NCC(C1CC1)C1CC1)c1cccc(CCl)c1. The van der Waals surface area contributed by atoms with E-state index in [0.29, 0.717) is 5.88 Å².